The molecular formula is C28H29F3N4O5S. The van der Waals surface area contributed by atoms with Gasteiger partial charge in [-0.2, -0.15) is 17.5 Å². The Morgan fingerprint density at radius 1 is 1.17 bits per heavy atom. The summed E-state index contributed by atoms with van der Waals surface area (Å²) in [6, 6.07) is 13.3. The summed E-state index contributed by atoms with van der Waals surface area (Å²) >= 11 is 0. The lowest BCUT2D eigenvalue weighted by Gasteiger charge is -2.42. The molecule has 1 aliphatic heterocycles. The molecule has 0 radical (unpaired) electrons. The van der Waals surface area contributed by atoms with E-state index in [1.165, 1.54) is 22.5 Å². The number of carbonyl (C=O) groups is 1. The van der Waals surface area contributed by atoms with Crippen molar-refractivity contribution < 1.29 is 36.9 Å². The zero-order valence-corrected chi connectivity index (χ0v) is 23.3. The van der Waals surface area contributed by atoms with Crippen molar-refractivity contribution in [2.45, 2.75) is 49.9 Å². The summed E-state index contributed by atoms with van der Waals surface area (Å²) in [5.41, 5.74) is 1.76. The van der Waals surface area contributed by atoms with Crippen LogP contribution in [0.2, 0.25) is 0 Å². The molecule has 1 aromatic heterocycles. The van der Waals surface area contributed by atoms with Crippen LogP contribution in [0.25, 0.3) is 11.0 Å². The van der Waals surface area contributed by atoms with E-state index >= 15 is 0 Å². The first-order chi connectivity index (χ1) is 19.3. The van der Waals surface area contributed by atoms with Gasteiger partial charge in [-0.15, -0.1) is 15.9 Å². The van der Waals surface area contributed by atoms with Crippen LogP contribution in [0, 0.1) is 6.92 Å². The van der Waals surface area contributed by atoms with Gasteiger partial charge in [-0.25, -0.2) is 4.68 Å². The zero-order valence-electron chi connectivity index (χ0n) is 22.5. The molecule has 0 saturated carbocycles. The molecule has 5 rings (SSSR count). The fourth-order valence-corrected chi connectivity index (χ4v) is 7.01. The summed E-state index contributed by atoms with van der Waals surface area (Å²) in [6.45, 7) is 2.95. The number of alkyl halides is 3. The molecule has 0 aliphatic carbocycles. The topological polar surface area (TPSA) is 121 Å². The first kappa shape index (κ1) is 28.9. The van der Waals surface area contributed by atoms with Gasteiger partial charge in [-0.1, -0.05) is 35.5 Å². The summed E-state index contributed by atoms with van der Waals surface area (Å²) in [4.78, 5) is 12.0. The van der Waals surface area contributed by atoms with E-state index in [4.69, 9.17) is 4.74 Å². The maximum absolute atomic E-state index is 14.2. The monoisotopic (exact) mass is 590 g/mol. The summed E-state index contributed by atoms with van der Waals surface area (Å²) in [5, 5.41) is 17.9. The highest BCUT2D eigenvalue weighted by molar-refractivity contribution is 8.22. The highest BCUT2D eigenvalue weighted by Crippen LogP contribution is 2.57. The molecule has 0 fully saturated rings. The Labute approximate surface area is 235 Å². The van der Waals surface area contributed by atoms with Crippen molar-refractivity contribution in [2.75, 3.05) is 6.54 Å². The van der Waals surface area contributed by atoms with Crippen molar-refractivity contribution in [3.8, 4) is 5.75 Å². The number of benzene rings is 3. The Balaban J connectivity index is 1.62. The lowest BCUT2D eigenvalue weighted by molar-refractivity contribution is -0.139. The second-order valence-electron chi connectivity index (χ2n) is 10.1. The second kappa shape index (κ2) is 10.6. The lowest BCUT2D eigenvalue weighted by Crippen LogP contribution is -2.34. The Kier molecular flexibility index (Phi) is 7.49. The number of carboxylic acids is 1. The third-order valence-electron chi connectivity index (χ3n) is 7.31. The molecule has 3 aromatic carbocycles. The highest BCUT2D eigenvalue weighted by atomic mass is 32.3. The van der Waals surface area contributed by atoms with Gasteiger partial charge in [-0.05, 0) is 60.4 Å². The minimum absolute atomic E-state index is 0.0560. The number of aliphatic carboxylic acids is 1. The van der Waals surface area contributed by atoms with Crippen LogP contribution in [0.15, 0.2) is 59.5 Å². The Morgan fingerprint density at radius 3 is 2.61 bits per heavy atom. The van der Waals surface area contributed by atoms with E-state index < -0.39 is 47.1 Å². The van der Waals surface area contributed by atoms with Crippen molar-refractivity contribution in [1.82, 2.24) is 19.3 Å². The number of aromatic nitrogens is 3. The van der Waals surface area contributed by atoms with Crippen molar-refractivity contribution in [3.63, 3.8) is 0 Å². The van der Waals surface area contributed by atoms with Crippen molar-refractivity contribution in [1.29, 1.82) is 0 Å². The molecule has 218 valence electrons. The molecule has 13 heteroatoms. The number of aryl methyl sites for hydroxylation is 2. The van der Waals surface area contributed by atoms with Gasteiger partial charge in [-0.3, -0.25) is 13.9 Å². The van der Waals surface area contributed by atoms with Gasteiger partial charge < -0.3 is 9.84 Å². The number of carboxylic acid groups (broad SMARTS) is 1. The highest BCUT2D eigenvalue weighted by Gasteiger charge is 2.38. The molecule has 2 heterocycles. The third-order valence-corrected chi connectivity index (χ3v) is 9.24. The minimum atomic E-state index is -4.74. The van der Waals surface area contributed by atoms with Crippen LogP contribution in [0.3, 0.4) is 0 Å². The number of para-hydroxylation sites is 1. The normalized spacial score (nSPS) is 18.8. The maximum atomic E-state index is 14.2. The molecule has 0 spiro atoms. The van der Waals surface area contributed by atoms with Crippen LogP contribution in [0.4, 0.5) is 13.2 Å². The molecule has 1 aliphatic rings. The van der Waals surface area contributed by atoms with Crippen molar-refractivity contribution >= 4 is 27.8 Å². The van der Waals surface area contributed by atoms with Gasteiger partial charge in [0.25, 0.3) is 0 Å². The van der Waals surface area contributed by atoms with Crippen LogP contribution < -0.4 is 4.74 Å². The number of rotatable bonds is 6. The van der Waals surface area contributed by atoms with E-state index in [1.54, 1.807) is 55.9 Å². The van der Waals surface area contributed by atoms with Crippen molar-refractivity contribution in [2.24, 2.45) is 7.05 Å². The summed E-state index contributed by atoms with van der Waals surface area (Å²) in [6.07, 6.45) is -5.67. The molecule has 9 nitrogen and oxygen atoms in total. The fourth-order valence-electron chi connectivity index (χ4n) is 5.35. The number of ether oxygens (including phenoxy) is 1. The van der Waals surface area contributed by atoms with E-state index in [0.717, 1.165) is 11.6 Å². The van der Waals surface area contributed by atoms with Crippen molar-refractivity contribution in [3.05, 3.63) is 82.4 Å². The predicted molar refractivity (Wildman–Crippen MR) is 147 cm³/mol. The van der Waals surface area contributed by atoms with E-state index in [1.807, 2.05) is 0 Å². The summed E-state index contributed by atoms with van der Waals surface area (Å²) in [5.74, 6) is -1.67. The van der Waals surface area contributed by atoms with Gasteiger partial charge in [0.15, 0.2) is 0 Å². The molecule has 41 heavy (non-hydrogen) atoms. The van der Waals surface area contributed by atoms with Crippen LogP contribution in [0.1, 0.15) is 47.1 Å². The van der Waals surface area contributed by atoms with Crippen LogP contribution in [0.5, 0.6) is 5.75 Å². The van der Waals surface area contributed by atoms with E-state index in [9.17, 15) is 32.2 Å². The SMILES string of the molecule is Cc1c(C(CC(=O)O)c2ccc(C(F)(F)F)c(CN3C[C@@H](C)Oc4ccccc4S3(O)O)c2)ccc2c1nnn2C. The van der Waals surface area contributed by atoms with E-state index in [2.05, 4.69) is 10.3 Å². The standard InChI is InChI=1S/C28H29F3N4O5S/c1-16-14-35(41(38,39)25-7-5-4-6-24(25)40-16)15-19-12-18(8-10-22(19)28(29,30)31)21(13-26(36)37)20-9-11-23-27(17(20)2)32-33-34(23)3/h4-12,16,21,38-39H,13-15H2,1-3H3,(H,36,37)/t16-,21?/m1/s1. The third kappa shape index (κ3) is 5.49. The van der Waals surface area contributed by atoms with Crippen LogP contribution in [-0.4, -0.2) is 52.1 Å². The Bertz CT molecular complexity index is 1620. The van der Waals surface area contributed by atoms with E-state index in [0.29, 0.717) is 22.2 Å². The molecule has 0 saturated heterocycles. The minimum Gasteiger partial charge on any atom is -0.487 e. The van der Waals surface area contributed by atoms with Crippen LogP contribution in [-0.2, 0) is 24.6 Å². The largest absolute Gasteiger partial charge is 0.487 e. The maximum Gasteiger partial charge on any atom is 0.416 e. The van der Waals surface area contributed by atoms with E-state index in [-0.39, 0.29) is 29.2 Å². The Hall–Kier alpha value is -3.65. The first-order valence-corrected chi connectivity index (χ1v) is 14.3. The molecule has 4 aromatic rings. The number of fused-ring (bicyclic) bond motifs is 2. The molecule has 0 bridgehead atoms. The summed E-state index contributed by atoms with van der Waals surface area (Å²) in [7, 11) is -1.99. The van der Waals surface area contributed by atoms with Gasteiger partial charge in [0.2, 0.25) is 0 Å². The molecular weight excluding hydrogens is 561 g/mol. The molecule has 3 N–H and O–H groups in total. The smallest absolute Gasteiger partial charge is 0.416 e. The average molecular weight is 591 g/mol. The number of halogens is 3. The van der Waals surface area contributed by atoms with Gasteiger partial charge in [0.1, 0.15) is 22.3 Å². The number of nitrogens with zero attached hydrogens (tertiary/aromatic N) is 4. The fraction of sp³-hybridized carbons (Fsp3) is 0.321. The summed E-state index contributed by atoms with van der Waals surface area (Å²) < 4.78 is 73.8. The first-order valence-electron chi connectivity index (χ1n) is 12.8. The number of hydrogen-bond acceptors (Lipinski definition) is 7. The Morgan fingerprint density at radius 2 is 1.90 bits per heavy atom. The zero-order chi connectivity index (χ0) is 29.7. The molecule has 2 atom stereocenters. The molecule has 1 unspecified atom stereocenters. The predicted octanol–water partition coefficient (Wildman–Crippen LogP) is 6.21. The van der Waals surface area contributed by atoms with Gasteiger partial charge >= 0.3 is 12.1 Å². The second-order valence-corrected chi connectivity index (χ2v) is 12.1. The van der Waals surface area contributed by atoms with Crippen LogP contribution >= 0.6 is 10.8 Å². The average Bonchev–Trinajstić information content (AvgIpc) is 3.24. The van der Waals surface area contributed by atoms with Gasteiger partial charge in [0.05, 0.1) is 24.0 Å². The quantitative estimate of drug-likeness (QED) is 0.242. The number of hydrogen-bond donors (Lipinski definition) is 3. The molecule has 0 amide bonds. The van der Waals surface area contributed by atoms with Gasteiger partial charge in [0, 0.05) is 19.5 Å². The lowest BCUT2D eigenvalue weighted by atomic mass is 9.84.